The highest BCUT2D eigenvalue weighted by molar-refractivity contribution is 6.33. The molecule has 2 N–H and O–H groups in total. The van der Waals surface area contributed by atoms with Crippen LogP contribution in [0.3, 0.4) is 0 Å². The highest BCUT2D eigenvalue weighted by Gasteiger charge is 2.13. The number of nitrogens with zero attached hydrogens (tertiary/aromatic N) is 1. The van der Waals surface area contributed by atoms with Crippen molar-refractivity contribution in [1.82, 2.24) is 10.3 Å². The van der Waals surface area contributed by atoms with Crippen molar-refractivity contribution in [3.8, 4) is 0 Å². The lowest BCUT2D eigenvalue weighted by atomic mass is 10.2. The molecule has 0 aliphatic rings. The van der Waals surface area contributed by atoms with Gasteiger partial charge < -0.3 is 10.6 Å². The zero-order chi connectivity index (χ0) is 14.5. The second kappa shape index (κ2) is 6.59. The maximum absolute atomic E-state index is 12.1. The van der Waals surface area contributed by atoms with Gasteiger partial charge in [-0.05, 0) is 23.8 Å². The molecule has 0 unspecified atom stereocenters. The predicted molar refractivity (Wildman–Crippen MR) is 81.4 cm³/mol. The summed E-state index contributed by atoms with van der Waals surface area (Å²) in [6.07, 6.45) is 0. The van der Waals surface area contributed by atoms with E-state index < -0.39 is 0 Å². The molecular weight excluding hydrogens is 297 g/mol. The average molecular weight is 310 g/mol. The second-order valence-corrected chi connectivity index (χ2v) is 4.87. The van der Waals surface area contributed by atoms with E-state index in [4.69, 9.17) is 23.2 Å². The lowest BCUT2D eigenvalue weighted by Crippen LogP contribution is -2.24. The van der Waals surface area contributed by atoms with E-state index in [-0.39, 0.29) is 11.6 Å². The minimum Gasteiger partial charge on any atom is -0.373 e. The first kappa shape index (κ1) is 14.6. The fourth-order valence-corrected chi connectivity index (χ4v) is 2.04. The summed E-state index contributed by atoms with van der Waals surface area (Å²) >= 11 is 12.0. The zero-order valence-electron chi connectivity index (χ0n) is 10.8. The molecule has 0 saturated heterocycles. The SMILES string of the molecule is CNc1ccc(Cl)c(C(=O)NCc2ccccc2Cl)n1. The molecule has 20 heavy (non-hydrogen) atoms. The Kier molecular flexibility index (Phi) is 4.82. The molecule has 4 nitrogen and oxygen atoms in total. The Morgan fingerprint density at radius 3 is 2.60 bits per heavy atom. The van der Waals surface area contributed by atoms with Crippen molar-refractivity contribution in [2.45, 2.75) is 6.54 Å². The van der Waals surface area contributed by atoms with Crippen molar-refractivity contribution in [2.24, 2.45) is 0 Å². The predicted octanol–water partition coefficient (Wildman–Crippen LogP) is 3.36. The van der Waals surface area contributed by atoms with Gasteiger partial charge in [0.05, 0.1) is 5.02 Å². The first-order valence-electron chi connectivity index (χ1n) is 5.97. The molecule has 104 valence electrons. The molecule has 0 aliphatic heterocycles. The van der Waals surface area contributed by atoms with E-state index in [1.807, 2.05) is 18.2 Å². The van der Waals surface area contributed by atoms with E-state index in [1.165, 1.54) is 0 Å². The van der Waals surface area contributed by atoms with Crippen molar-refractivity contribution in [3.63, 3.8) is 0 Å². The van der Waals surface area contributed by atoms with Gasteiger partial charge in [0, 0.05) is 18.6 Å². The summed E-state index contributed by atoms with van der Waals surface area (Å²) in [5, 5.41) is 6.53. The smallest absolute Gasteiger partial charge is 0.271 e. The van der Waals surface area contributed by atoms with Gasteiger partial charge in [-0.2, -0.15) is 0 Å². The lowest BCUT2D eigenvalue weighted by molar-refractivity contribution is 0.0946. The molecule has 0 fully saturated rings. The fraction of sp³-hybridized carbons (Fsp3) is 0.143. The van der Waals surface area contributed by atoms with E-state index in [1.54, 1.807) is 25.2 Å². The number of carbonyl (C=O) groups is 1. The van der Waals surface area contributed by atoms with Crippen molar-refractivity contribution in [1.29, 1.82) is 0 Å². The van der Waals surface area contributed by atoms with Gasteiger partial charge >= 0.3 is 0 Å². The number of pyridine rings is 1. The van der Waals surface area contributed by atoms with E-state index >= 15 is 0 Å². The molecule has 0 radical (unpaired) electrons. The van der Waals surface area contributed by atoms with Crippen molar-refractivity contribution >= 4 is 34.9 Å². The normalized spacial score (nSPS) is 10.2. The Morgan fingerprint density at radius 2 is 1.90 bits per heavy atom. The maximum Gasteiger partial charge on any atom is 0.271 e. The summed E-state index contributed by atoms with van der Waals surface area (Å²) in [4.78, 5) is 16.2. The zero-order valence-corrected chi connectivity index (χ0v) is 12.3. The molecule has 0 aliphatic carbocycles. The summed E-state index contributed by atoms with van der Waals surface area (Å²) in [7, 11) is 1.72. The van der Waals surface area contributed by atoms with Crippen molar-refractivity contribution in [2.75, 3.05) is 12.4 Å². The van der Waals surface area contributed by atoms with Crippen LogP contribution in [0.1, 0.15) is 16.1 Å². The molecule has 6 heteroatoms. The molecule has 0 spiro atoms. The Bertz CT molecular complexity index is 632. The number of amides is 1. The minimum atomic E-state index is -0.341. The van der Waals surface area contributed by atoms with Gasteiger partial charge in [-0.25, -0.2) is 4.98 Å². The number of rotatable bonds is 4. The van der Waals surface area contributed by atoms with Crippen molar-refractivity contribution in [3.05, 3.63) is 57.7 Å². The monoisotopic (exact) mass is 309 g/mol. The van der Waals surface area contributed by atoms with Crippen LogP contribution in [0, 0.1) is 0 Å². The highest BCUT2D eigenvalue weighted by Crippen LogP contribution is 2.18. The molecule has 0 saturated carbocycles. The number of hydrogen-bond acceptors (Lipinski definition) is 3. The largest absolute Gasteiger partial charge is 0.373 e. The van der Waals surface area contributed by atoms with E-state index in [9.17, 15) is 4.79 Å². The van der Waals surface area contributed by atoms with Crippen LogP contribution >= 0.6 is 23.2 Å². The molecular formula is C14H13Cl2N3O. The van der Waals surface area contributed by atoms with Crippen LogP contribution in [0.5, 0.6) is 0 Å². The van der Waals surface area contributed by atoms with Gasteiger partial charge in [0.2, 0.25) is 0 Å². The van der Waals surface area contributed by atoms with Gasteiger partial charge in [-0.1, -0.05) is 41.4 Å². The first-order valence-corrected chi connectivity index (χ1v) is 6.73. The molecule has 1 aromatic heterocycles. The molecule has 0 bridgehead atoms. The number of benzene rings is 1. The molecule has 1 aromatic carbocycles. The lowest BCUT2D eigenvalue weighted by Gasteiger charge is -2.08. The quantitative estimate of drug-likeness (QED) is 0.910. The molecule has 0 atom stereocenters. The summed E-state index contributed by atoms with van der Waals surface area (Å²) in [5.74, 6) is 0.240. The second-order valence-electron chi connectivity index (χ2n) is 4.05. The third kappa shape index (κ3) is 3.40. The third-order valence-corrected chi connectivity index (χ3v) is 3.39. The topological polar surface area (TPSA) is 54.0 Å². The summed E-state index contributed by atoms with van der Waals surface area (Å²) in [5.41, 5.74) is 1.02. The van der Waals surface area contributed by atoms with Gasteiger partial charge in [0.1, 0.15) is 11.5 Å². The third-order valence-electron chi connectivity index (χ3n) is 2.71. The van der Waals surface area contributed by atoms with Gasteiger partial charge in [-0.15, -0.1) is 0 Å². The standard InChI is InChI=1S/C14H13Cl2N3O/c1-17-12-7-6-11(16)13(19-12)14(20)18-8-9-4-2-3-5-10(9)15/h2-7H,8H2,1H3,(H,17,19)(H,18,20). The number of aromatic nitrogens is 1. The number of anilines is 1. The van der Waals surface area contributed by atoms with Crippen LogP contribution in [-0.2, 0) is 6.54 Å². The number of halogens is 2. The Hall–Kier alpha value is -1.78. The molecule has 1 amide bonds. The number of nitrogens with one attached hydrogen (secondary N) is 2. The highest BCUT2D eigenvalue weighted by atomic mass is 35.5. The molecule has 2 aromatic rings. The van der Waals surface area contributed by atoms with Crippen molar-refractivity contribution < 1.29 is 4.79 Å². The van der Waals surface area contributed by atoms with Crippen LogP contribution in [0.25, 0.3) is 0 Å². The van der Waals surface area contributed by atoms with Gasteiger partial charge in [-0.3, -0.25) is 4.79 Å². The molecule has 1 heterocycles. The van der Waals surface area contributed by atoms with Crippen LogP contribution in [-0.4, -0.2) is 17.9 Å². The average Bonchev–Trinajstić information content (AvgIpc) is 2.46. The Morgan fingerprint density at radius 1 is 1.15 bits per heavy atom. The minimum absolute atomic E-state index is 0.186. The van der Waals surface area contributed by atoms with Gasteiger partial charge in [0.25, 0.3) is 5.91 Å². The number of hydrogen-bond donors (Lipinski definition) is 2. The first-order chi connectivity index (χ1) is 9.61. The van der Waals surface area contributed by atoms with Crippen LogP contribution in [0.2, 0.25) is 10.0 Å². The Labute approximate surface area is 127 Å². The van der Waals surface area contributed by atoms with Crippen LogP contribution < -0.4 is 10.6 Å². The summed E-state index contributed by atoms with van der Waals surface area (Å²) in [6, 6.07) is 10.7. The van der Waals surface area contributed by atoms with Crippen LogP contribution in [0.15, 0.2) is 36.4 Å². The van der Waals surface area contributed by atoms with Gasteiger partial charge in [0.15, 0.2) is 0 Å². The van der Waals surface area contributed by atoms with E-state index in [0.29, 0.717) is 22.4 Å². The van der Waals surface area contributed by atoms with E-state index in [0.717, 1.165) is 5.56 Å². The Balaban J connectivity index is 2.11. The summed E-state index contributed by atoms with van der Waals surface area (Å²) in [6.45, 7) is 0.320. The summed E-state index contributed by atoms with van der Waals surface area (Å²) < 4.78 is 0. The molecule has 2 rings (SSSR count). The number of carbonyl (C=O) groups excluding carboxylic acids is 1. The maximum atomic E-state index is 12.1. The van der Waals surface area contributed by atoms with Crippen LogP contribution in [0.4, 0.5) is 5.82 Å². The fourth-order valence-electron chi connectivity index (χ4n) is 1.64. The van der Waals surface area contributed by atoms with E-state index in [2.05, 4.69) is 15.6 Å².